The quantitative estimate of drug-likeness (QED) is 0.416. The summed E-state index contributed by atoms with van der Waals surface area (Å²) in [4.78, 5) is 9.93. The maximum atomic E-state index is 10.5. The summed E-state index contributed by atoms with van der Waals surface area (Å²) in [6, 6.07) is 0. The molecule has 2 atom stereocenters. The lowest BCUT2D eigenvalue weighted by Crippen LogP contribution is -2.25. The van der Waals surface area contributed by atoms with Crippen LogP contribution in [-0.2, 0) is 4.79 Å². The zero-order valence-corrected chi connectivity index (χ0v) is 9.77. The first kappa shape index (κ1) is 11.8. The summed E-state index contributed by atoms with van der Waals surface area (Å²) < 4.78 is 0. The molecule has 76 valence electrons. The fourth-order valence-electron chi connectivity index (χ4n) is 1.23. The highest BCUT2D eigenvalue weighted by atomic mass is 35.5. The van der Waals surface area contributed by atoms with Gasteiger partial charge in [0.05, 0.1) is 4.87 Å². The van der Waals surface area contributed by atoms with E-state index in [2.05, 4.69) is 0 Å². The van der Waals surface area contributed by atoms with E-state index in [-0.39, 0.29) is 5.92 Å². The van der Waals surface area contributed by atoms with Crippen LogP contribution in [0, 0.1) is 5.92 Å². The normalized spacial score (nSPS) is 32.0. The summed E-state index contributed by atoms with van der Waals surface area (Å²) in [6.07, 6.45) is 8.29. The summed E-state index contributed by atoms with van der Waals surface area (Å²) in [7, 11) is 0. The molecule has 1 rings (SSSR count). The van der Waals surface area contributed by atoms with Crippen LogP contribution in [0.25, 0.3) is 0 Å². The van der Waals surface area contributed by atoms with Gasteiger partial charge in [0.2, 0.25) is 5.24 Å². The Morgan fingerprint density at radius 1 is 1.64 bits per heavy atom. The van der Waals surface area contributed by atoms with Gasteiger partial charge >= 0.3 is 0 Å². The molecule has 0 heterocycles. The highest BCUT2D eigenvalue weighted by Crippen LogP contribution is 2.35. The largest absolute Gasteiger partial charge is 0.276 e. The van der Waals surface area contributed by atoms with Crippen molar-refractivity contribution in [3.63, 3.8) is 0 Å². The lowest BCUT2D eigenvalue weighted by molar-refractivity contribution is -0.107. The van der Waals surface area contributed by atoms with Gasteiger partial charge in [-0.05, 0) is 36.8 Å². The average molecular weight is 252 g/mol. The van der Waals surface area contributed by atoms with Crippen molar-refractivity contribution in [2.45, 2.75) is 11.8 Å². The molecule has 0 aromatic rings. The van der Waals surface area contributed by atoms with E-state index < -0.39 is 10.1 Å². The third-order valence-electron chi connectivity index (χ3n) is 1.97. The Labute approximate surface area is 98.0 Å². The van der Waals surface area contributed by atoms with Gasteiger partial charge in [-0.3, -0.25) is 4.79 Å². The molecular weight excluding hydrogens is 242 g/mol. The van der Waals surface area contributed by atoms with Crippen LogP contribution in [0.3, 0.4) is 0 Å². The van der Waals surface area contributed by atoms with Crippen molar-refractivity contribution in [3.8, 4) is 0 Å². The summed E-state index contributed by atoms with van der Waals surface area (Å²) in [5.74, 6) is -0.0747. The Kier molecular flexibility index (Phi) is 3.82. The number of halogens is 3. The summed E-state index contributed by atoms with van der Waals surface area (Å²) in [5, 5.41) is 0.0934. The molecule has 1 nitrogen and oxygen atoms in total. The van der Waals surface area contributed by atoms with Crippen LogP contribution in [0.5, 0.6) is 0 Å². The van der Waals surface area contributed by atoms with Gasteiger partial charge in [-0.15, -0.1) is 11.6 Å². The first-order chi connectivity index (χ1) is 6.42. The molecule has 0 amide bonds. The Balaban J connectivity index is 2.83. The highest BCUT2D eigenvalue weighted by molar-refractivity contribution is 6.66. The molecule has 0 aromatic heterocycles. The predicted octanol–water partition coefficient (Wildman–Crippen LogP) is 3.61. The van der Waals surface area contributed by atoms with Crippen LogP contribution in [0.4, 0.5) is 0 Å². The van der Waals surface area contributed by atoms with Gasteiger partial charge < -0.3 is 0 Å². The average Bonchev–Trinajstić information content (AvgIpc) is 2.00. The van der Waals surface area contributed by atoms with Crippen molar-refractivity contribution in [1.82, 2.24) is 0 Å². The van der Waals surface area contributed by atoms with Gasteiger partial charge in [-0.25, -0.2) is 0 Å². The molecule has 14 heavy (non-hydrogen) atoms. The third kappa shape index (κ3) is 3.16. The molecule has 0 aromatic carbocycles. The first-order valence-corrected chi connectivity index (χ1v) is 5.18. The number of alkyl halides is 1. The first-order valence-electron chi connectivity index (χ1n) is 4.05. The number of rotatable bonds is 2. The van der Waals surface area contributed by atoms with Crippen molar-refractivity contribution in [3.05, 3.63) is 35.4 Å². The fraction of sp³-hybridized carbons (Fsp3) is 0.300. The molecule has 0 spiro atoms. The molecule has 1 aliphatic rings. The molecule has 0 saturated heterocycles. The lowest BCUT2D eigenvalue weighted by atomic mass is 9.89. The van der Waals surface area contributed by atoms with Crippen LogP contribution >= 0.6 is 34.8 Å². The molecule has 0 N–H and O–H groups in total. The number of carbonyl (C=O) groups excluding carboxylic acids is 1. The van der Waals surface area contributed by atoms with Gasteiger partial charge in [0, 0.05) is 11.0 Å². The minimum absolute atomic E-state index is 0.0747. The van der Waals surface area contributed by atoms with Crippen molar-refractivity contribution in [2.75, 3.05) is 0 Å². The van der Waals surface area contributed by atoms with Crippen LogP contribution < -0.4 is 0 Å². The second-order valence-corrected chi connectivity index (χ2v) is 4.85. The van der Waals surface area contributed by atoms with Crippen molar-refractivity contribution in [2.24, 2.45) is 5.92 Å². The maximum absolute atomic E-state index is 10.5. The van der Waals surface area contributed by atoms with Crippen LogP contribution in [0.2, 0.25) is 0 Å². The van der Waals surface area contributed by atoms with E-state index in [0.29, 0.717) is 5.03 Å². The van der Waals surface area contributed by atoms with E-state index in [1.165, 1.54) is 6.08 Å². The SMILES string of the molecule is CC1(Cl)C=C(Cl)C=CC1C=CC(=O)Cl. The van der Waals surface area contributed by atoms with E-state index in [4.69, 9.17) is 34.8 Å². The standard InChI is InChI=1S/C10H9Cl3O/c1-10(13)6-8(11)4-2-7(10)3-5-9(12)14/h2-7H,1H3. The maximum Gasteiger partial charge on any atom is 0.244 e. The molecule has 4 heteroatoms. The Hall–Kier alpha value is -0.240. The Morgan fingerprint density at radius 3 is 2.79 bits per heavy atom. The topological polar surface area (TPSA) is 17.1 Å². The molecule has 1 aliphatic carbocycles. The molecule has 0 fully saturated rings. The Morgan fingerprint density at radius 2 is 2.29 bits per heavy atom. The van der Waals surface area contributed by atoms with Crippen LogP contribution in [0.1, 0.15) is 6.92 Å². The second-order valence-electron chi connectivity index (χ2n) is 3.23. The van der Waals surface area contributed by atoms with Gasteiger partial charge in [-0.1, -0.05) is 23.8 Å². The lowest BCUT2D eigenvalue weighted by Gasteiger charge is -2.27. The molecule has 0 aliphatic heterocycles. The number of hydrogen-bond donors (Lipinski definition) is 0. The second kappa shape index (κ2) is 4.52. The van der Waals surface area contributed by atoms with Gasteiger partial charge in [0.1, 0.15) is 0 Å². The fourth-order valence-corrected chi connectivity index (χ4v) is 1.92. The zero-order chi connectivity index (χ0) is 10.8. The molecular formula is C10H9Cl3O. The molecule has 0 radical (unpaired) electrons. The summed E-state index contributed by atoms with van der Waals surface area (Å²) >= 11 is 17.2. The molecule has 0 saturated carbocycles. The van der Waals surface area contributed by atoms with Gasteiger partial charge in [-0.2, -0.15) is 0 Å². The van der Waals surface area contributed by atoms with Crippen LogP contribution in [0.15, 0.2) is 35.4 Å². The third-order valence-corrected chi connectivity index (χ3v) is 2.69. The number of hydrogen-bond acceptors (Lipinski definition) is 1. The zero-order valence-electron chi connectivity index (χ0n) is 7.51. The number of allylic oxidation sites excluding steroid dienone is 6. The van der Waals surface area contributed by atoms with E-state index in [1.807, 2.05) is 13.0 Å². The number of carbonyl (C=O) groups is 1. The minimum atomic E-state index is -0.603. The van der Waals surface area contributed by atoms with Gasteiger partial charge in [0.25, 0.3) is 0 Å². The van der Waals surface area contributed by atoms with E-state index >= 15 is 0 Å². The highest BCUT2D eigenvalue weighted by Gasteiger charge is 2.28. The molecule has 0 bridgehead atoms. The summed E-state index contributed by atoms with van der Waals surface area (Å²) in [5.41, 5.74) is 0. The van der Waals surface area contributed by atoms with Crippen molar-refractivity contribution < 1.29 is 4.79 Å². The van der Waals surface area contributed by atoms with E-state index in [1.54, 1.807) is 18.2 Å². The van der Waals surface area contributed by atoms with Gasteiger partial charge in [0.15, 0.2) is 0 Å². The predicted molar refractivity (Wildman–Crippen MR) is 60.8 cm³/mol. The monoisotopic (exact) mass is 250 g/mol. The van der Waals surface area contributed by atoms with E-state index in [9.17, 15) is 4.79 Å². The summed E-state index contributed by atoms with van der Waals surface area (Å²) in [6.45, 7) is 1.83. The van der Waals surface area contributed by atoms with Crippen molar-refractivity contribution in [1.29, 1.82) is 0 Å². The smallest absolute Gasteiger partial charge is 0.244 e. The van der Waals surface area contributed by atoms with Crippen molar-refractivity contribution >= 4 is 40.0 Å². The van der Waals surface area contributed by atoms with E-state index in [0.717, 1.165) is 0 Å². The van der Waals surface area contributed by atoms with Crippen LogP contribution in [-0.4, -0.2) is 10.1 Å². The molecule has 2 unspecified atom stereocenters. The minimum Gasteiger partial charge on any atom is -0.276 e. The Bertz CT molecular complexity index is 326.